The van der Waals surface area contributed by atoms with E-state index >= 15 is 0 Å². The van der Waals surface area contributed by atoms with Crippen LogP contribution in [-0.4, -0.2) is 40.7 Å². The van der Waals surface area contributed by atoms with Gasteiger partial charge in [-0.1, -0.05) is 6.07 Å². The highest BCUT2D eigenvalue weighted by atomic mass is 32.1. The molecule has 5 rings (SSSR count). The largest absolute Gasteiger partial charge is 0.454 e. The van der Waals surface area contributed by atoms with Gasteiger partial charge in [0.15, 0.2) is 11.5 Å². The molecule has 7 nitrogen and oxygen atoms in total. The van der Waals surface area contributed by atoms with E-state index in [-0.39, 0.29) is 12.7 Å². The number of amides is 1. The van der Waals surface area contributed by atoms with Crippen LogP contribution in [0.1, 0.15) is 33.6 Å². The topological polar surface area (TPSA) is 76.6 Å². The van der Waals surface area contributed by atoms with Crippen LogP contribution in [0.4, 0.5) is 5.82 Å². The monoisotopic (exact) mass is 396 g/mol. The van der Waals surface area contributed by atoms with E-state index in [1.807, 2.05) is 30.0 Å². The maximum Gasteiger partial charge on any atom is 0.264 e. The van der Waals surface area contributed by atoms with E-state index in [1.165, 1.54) is 11.3 Å². The van der Waals surface area contributed by atoms with E-state index in [1.54, 1.807) is 6.33 Å². The summed E-state index contributed by atoms with van der Waals surface area (Å²) in [6.45, 7) is 4.52. The normalized spacial score (nSPS) is 15.4. The Hall–Kier alpha value is -2.87. The highest BCUT2D eigenvalue weighted by molar-refractivity contribution is 7.20. The first-order chi connectivity index (χ1) is 13.7. The Morgan fingerprint density at radius 2 is 2.04 bits per heavy atom. The van der Waals surface area contributed by atoms with Crippen molar-refractivity contribution in [3.63, 3.8) is 0 Å². The molecule has 0 saturated carbocycles. The third-order valence-corrected chi connectivity index (χ3v) is 6.40. The fourth-order valence-corrected chi connectivity index (χ4v) is 4.83. The number of anilines is 1. The number of carbonyl (C=O) groups excluding carboxylic acids is 1. The number of fused-ring (bicyclic) bond motifs is 2. The third kappa shape index (κ3) is 2.93. The number of likely N-dealkylation sites (tertiary alicyclic amines) is 1. The van der Waals surface area contributed by atoms with Gasteiger partial charge in [0.2, 0.25) is 6.79 Å². The fourth-order valence-electron chi connectivity index (χ4n) is 3.71. The Labute approximate surface area is 166 Å². The van der Waals surface area contributed by atoms with Crippen molar-refractivity contribution >= 4 is 33.3 Å². The summed E-state index contributed by atoms with van der Waals surface area (Å²) < 4.78 is 10.8. The molecule has 144 valence electrons. The van der Waals surface area contributed by atoms with Crippen molar-refractivity contribution in [2.45, 2.75) is 26.3 Å². The summed E-state index contributed by atoms with van der Waals surface area (Å²) >= 11 is 1.45. The number of aryl methyl sites for hydroxylation is 1. The van der Waals surface area contributed by atoms with Gasteiger partial charge in [-0.3, -0.25) is 4.79 Å². The second-order valence-corrected chi connectivity index (χ2v) is 8.00. The summed E-state index contributed by atoms with van der Waals surface area (Å²) in [6, 6.07) is 5.88. The van der Waals surface area contributed by atoms with Gasteiger partial charge in [-0.2, -0.15) is 0 Å². The second-order valence-electron chi connectivity index (χ2n) is 7.00. The molecule has 0 unspecified atom stereocenters. The quantitative estimate of drug-likeness (QED) is 0.726. The molecule has 0 bridgehead atoms. The van der Waals surface area contributed by atoms with Crippen LogP contribution >= 0.6 is 11.3 Å². The summed E-state index contributed by atoms with van der Waals surface area (Å²) in [6.07, 6.45) is 3.71. The molecule has 4 heterocycles. The first kappa shape index (κ1) is 17.2. The maximum absolute atomic E-state index is 12.9. The average molecular weight is 396 g/mol. The molecule has 0 spiro atoms. The van der Waals surface area contributed by atoms with Gasteiger partial charge in [0.05, 0.1) is 10.3 Å². The van der Waals surface area contributed by atoms with Crippen LogP contribution in [0.3, 0.4) is 0 Å². The molecule has 2 aliphatic rings. The van der Waals surface area contributed by atoms with Gasteiger partial charge in [-0.25, -0.2) is 9.97 Å². The second kappa shape index (κ2) is 6.94. The minimum atomic E-state index is 0.111. The fraction of sp³-hybridized carbons (Fsp3) is 0.350. The van der Waals surface area contributed by atoms with Gasteiger partial charge >= 0.3 is 0 Å². The minimum Gasteiger partial charge on any atom is -0.454 e. The number of nitrogens with zero attached hydrogens (tertiary/aromatic N) is 3. The van der Waals surface area contributed by atoms with Gasteiger partial charge in [0, 0.05) is 19.6 Å². The molecule has 28 heavy (non-hydrogen) atoms. The molecule has 2 aromatic heterocycles. The van der Waals surface area contributed by atoms with Crippen molar-refractivity contribution in [2.75, 3.05) is 25.2 Å². The lowest BCUT2D eigenvalue weighted by Gasteiger charge is -2.14. The first-order valence-corrected chi connectivity index (χ1v) is 10.2. The Morgan fingerprint density at radius 3 is 2.89 bits per heavy atom. The van der Waals surface area contributed by atoms with E-state index in [2.05, 4.69) is 15.3 Å². The molecule has 8 heteroatoms. The van der Waals surface area contributed by atoms with E-state index in [4.69, 9.17) is 9.47 Å². The SMILES string of the molecule is Cc1c(C(=O)N2CCCC2)sc2ncnc(NCc3ccc4c(c3)OCO4)c12. The van der Waals surface area contributed by atoms with Gasteiger partial charge in [-0.05, 0) is 43.0 Å². The van der Waals surface area contributed by atoms with Crippen LogP contribution in [0.25, 0.3) is 10.2 Å². The van der Waals surface area contributed by atoms with Crippen LogP contribution < -0.4 is 14.8 Å². The van der Waals surface area contributed by atoms with Crippen LogP contribution in [0.15, 0.2) is 24.5 Å². The van der Waals surface area contributed by atoms with E-state index < -0.39 is 0 Å². The predicted molar refractivity (Wildman–Crippen MR) is 107 cm³/mol. The molecular weight excluding hydrogens is 376 g/mol. The molecule has 1 N–H and O–H groups in total. The lowest BCUT2D eigenvalue weighted by molar-refractivity contribution is 0.0797. The van der Waals surface area contributed by atoms with Gasteiger partial charge in [0.1, 0.15) is 17.0 Å². The van der Waals surface area contributed by atoms with Gasteiger partial charge in [-0.15, -0.1) is 11.3 Å². The number of hydrogen-bond acceptors (Lipinski definition) is 7. The van der Waals surface area contributed by atoms with Crippen molar-refractivity contribution in [3.05, 3.63) is 40.5 Å². The number of rotatable bonds is 4. The lowest BCUT2D eigenvalue weighted by atomic mass is 10.1. The summed E-state index contributed by atoms with van der Waals surface area (Å²) in [5, 5.41) is 4.32. The molecule has 1 saturated heterocycles. The van der Waals surface area contributed by atoms with Crippen LogP contribution in [0.2, 0.25) is 0 Å². The molecule has 1 amide bonds. The zero-order valence-electron chi connectivity index (χ0n) is 15.5. The van der Waals surface area contributed by atoms with Crippen LogP contribution in [-0.2, 0) is 6.54 Å². The zero-order valence-corrected chi connectivity index (χ0v) is 16.3. The Balaban J connectivity index is 1.42. The number of carbonyl (C=O) groups is 1. The highest BCUT2D eigenvalue weighted by Crippen LogP contribution is 2.35. The van der Waals surface area contributed by atoms with Crippen molar-refractivity contribution in [1.82, 2.24) is 14.9 Å². The van der Waals surface area contributed by atoms with Crippen LogP contribution in [0, 0.1) is 6.92 Å². The number of nitrogens with one attached hydrogen (secondary N) is 1. The number of aromatic nitrogens is 2. The molecule has 1 aromatic carbocycles. The zero-order chi connectivity index (χ0) is 19.1. The molecule has 2 aliphatic heterocycles. The summed E-state index contributed by atoms with van der Waals surface area (Å²) in [7, 11) is 0. The number of hydrogen-bond donors (Lipinski definition) is 1. The standard InChI is InChI=1S/C20H20N4O3S/c1-12-16-18(21-9-13-4-5-14-15(8-13)27-11-26-14)22-10-23-19(16)28-17(12)20(25)24-6-2-3-7-24/h4-5,8,10H,2-3,6-7,9,11H2,1H3,(H,21,22,23). The Bertz CT molecular complexity index is 1060. The lowest BCUT2D eigenvalue weighted by Crippen LogP contribution is -2.27. The Morgan fingerprint density at radius 1 is 1.21 bits per heavy atom. The van der Waals surface area contributed by atoms with E-state index in [0.29, 0.717) is 6.54 Å². The molecule has 0 radical (unpaired) electrons. The van der Waals surface area contributed by atoms with Crippen molar-refractivity contribution in [3.8, 4) is 11.5 Å². The molecule has 1 fully saturated rings. The van der Waals surface area contributed by atoms with Crippen molar-refractivity contribution in [2.24, 2.45) is 0 Å². The van der Waals surface area contributed by atoms with E-state index in [9.17, 15) is 4.79 Å². The average Bonchev–Trinajstić information content (AvgIpc) is 3.46. The maximum atomic E-state index is 12.9. The molecule has 0 aliphatic carbocycles. The third-order valence-electron chi connectivity index (χ3n) is 5.21. The highest BCUT2D eigenvalue weighted by Gasteiger charge is 2.25. The Kier molecular flexibility index (Phi) is 4.27. The number of thiophene rings is 1. The first-order valence-electron chi connectivity index (χ1n) is 9.36. The number of benzene rings is 1. The summed E-state index contributed by atoms with van der Waals surface area (Å²) in [5.74, 6) is 2.39. The molecule has 0 atom stereocenters. The molecular formula is C20H20N4O3S. The van der Waals surface area contributed by atoms with Crippen molar-refractivity contribution in [1.29, 1.82) is 0 Å². The van der Waals surface area contributed by atoms with Crippen LogP contribution in [0.5, 0.6) is 11.5 Å². The van der Waals surface area contributed by atoms with Gasteiger partial charge < -0.3 is 19.7 Å². The van der Waals surface area contributed by atoms with Gasteiger partial charge in [0.25, 0.3) is 5.91 Å². The van der Waals surface area contributed by atoms with Crippen molar-refractivity contribution < 1.29 is 14.3 Å². The predicted octanol–water partition coefficient (Wildman–Crippen LogP) is 3.58. The molecule has 3 aromatic rings. The number of ether oxygens (including phenoxy) is 2. The smallest absolute Gasteiger partial charge is 0.264 e. The van der Waals surface area contributed by atoms with E-state index in [0.717, 1.165) is 69.5 Å². The summed E-state index contributed by atoms with van der Waals surface area (Å²) in [5.41, 5.74) is 2.02. The minimum absolute atomic E-state index is 0.111. The summed E-state index contributed by atoms with van der Waals surface area (Å²) in [4.78, 5) is 25.2.